The first-order chi connectivity index (χ1) is 13.0. The van der Waals surface area contributed by atoms with Crippen LogP contribution in [0.15, 0.2) is 28.7 Å². The second-order valence-corrected chi connectivity index (χ2v) is 7.38. The highest BCUT2D eigenvalue weighted by molar-refractivity contribution is 5.96. The molecule has 5 nitrogen and oxygen atoms in total. The summed E-state index contributed by atoms with van der Waals surface area (Å²) < 4.78 is 5.59. The van der Waals surface area contributed by atoms with Crippen molar-refractivity contribution in [1.29, 1.82) is 0 Å². The molecule has 0 saturated carbocycles. The third-order valence-corrected chi connectivity index (χ3v) is 5.65. The van der Waals surface area contributed by atoms with Crippen LogP contribution in [0.5, 0.6) is 0 Å². The number of carbonyl (C=O) groups excluding carboxylic acids is 1. The molecule has 1 aliphatic heterocycles. The van der Waals surface area contributed by atoms with E-state index in [-0.39, 0.29) is 5.91 Å². The Morgan fingerprint density at radius 2 is 1.63 bits per heavy atom. The maximum Gasteiger partial charge on any atom is 0.255 e. The minimum absolute atomic E-state index is 0.0618. The second kappa shape index (κ2) is 8.72. The molecule has 1 N–H and O–H groups in total. The summed E-state index contributed by atoms with van der Waals surface area (Å²) in [6.07, 6.45) is 0. The Balaban J connectivity index is 1.63. The van der Waals surface area contributed by atoms with Gasteiger partial charge in [-0.15, -0.1) is 0 Å². The SMILES string of the molecule is CCN1CCN(Cc2ccccc2CNC(=O)c2c(C)oc(C)c2C)CC1. The smallest absolute Gasteiger partial charge is 0.255 e. The van der Waals surface area contributed by atoms with Crippen LogP contribution in [0.25, 0.3) is 0 Å². The van der Waals surface area contributed by atoms with Crippen LogP contribution in [0, 0.1) is 20.8 Å². The third kappa shape index (κ3) is 4.60. The Morgan fingerprint density at radius 3 is 2.22 bits per heavy atom. The lowest BCUT2D eigenvalue weighted by atomic mass is 10.1. The van der Waals surface area contributed by atoms with Crippen molar-refractivity contribution in [3.05, 3.63) is 58.0 Å². The Bertz CT molecular complexity index is 789. The molecule has 2 heterocycles. The average Bonchev–Trinajstić information content (AvgIpc) is 2.93. The van der Waals surface area contributed by atoms with Gasteiger partial charge >= 0.3 is 0 Å². The quantitative estimate of drug-likeness (QED) is 0.849. The number of likely N-dealkylation sites (N-methyl/N-ethyl adjacent to an activating group) is 1. The molecule has 0 spiro atoms. The fourth-order valence-electron chi connectivity index (χ4n) is 3.78. The van der Waals surface area contributed by atoms with Crippen LogP contribution >= 0.6 is 0 Å². The van der Waals surface area contributed by atoms with E-state index in [0.29, 0.717) is 17.9 Å². The van der Waals surface area contributed by atoms with Crippen LogP contribution in [0.1, 0.15) is 45.5 Å². The molecule has 0 unspecified atom stereocenters. The Morgan fingerprint density at radius 1 is 1.00 bits per heavy atom. The maximum atomic E-state index is 12.7. The average molecular weight is 370 g/mol. The van der Waals surface area contributed by atoms with Crippen molar-refractivity contribution in [2.75, 3.05) is 32.7 Å². The zero-order valence-corrected chi connectivity index (χ0v) is 17.0. The molecular formula is C22H31N3O2. The largest absolute Gasteiger partial charge is 0.466 e. The third-order valence-electron chi connectivity index (χ3n) is 5.65. The fraction of sp³-hybridized carbons (Fsp3) is 0.500. The highest BCUT2D eigenvalue weighted by Gasteiger charge is 2.19. The predicted molar refractivity (Wildman–Crippen MR) is 108 cm³/mol. The Labute approximate surface area is 162 Å². The number of rotatable bonds is 6. The number of hydrogen-bond donors (Lipinski definition) is 1. The number of carbonyl (C=O) groups is 1. The summed E-state index contributed by atoms with van der Waals surface area (Å²) in [6, 6.07) is 8.40. The molecule has 0 bridgehead atoms. The first-order valence-electron chi connectivity index (χ1n) is 9.85. The molecule has 1 saturated heterocycles. The van der Waals surface area contributed by atoms with Crippen LogP contribution in [0.2, 0.25) is 0 Å². The van der Waals surface area contributed by atoms with Crippen LogP contribution in [0.3, 0.4) is 0 Å². The van der Waals surface area contributed by atoms with Gasteiger partial charge in [0.05, 0.1) is 5.56 Å². The van der Waals surface area contributed by atoms with Gasteiger partial charge in [0, 0.05) is 44.8 Å². The van der Waals surface area contributed by atoms with E-state index in [4.69, 9.17) is 4.42 Å². The van der Waals surface area contributed by atoms with Crippen molar-refractivity contribution < 1.29 is 9.21 Å². The van der Waals surface area contributed by atoms with Gasteiger partial charge in [-0.1, -0.05) is 31.2 Å². The molecule has 3 rings (SSSR count). The van der Waals surface area contributed by atoms with Gasteiger partial charge in [-0.05, 0) is 38.4 Å². The number of nitrogens with one attached hydrogen (secondary N) is 1. The second-order valence-electron chi connectivity index (χ2n) is 7.38. The number of furan rings is 1. The standard InChI is InChI=1S/C22H31N3O2/c1-5-24-10-12-25(13-11-24)15-20-9-7-6-8-19(20)14-23-22(26)21-16(2)17(3)27-18(21)4/h6-9H,5,10-15H2,1-4H3,(H,23,26). The van der Waals surface area contributed by atoms with Crippen LogP contribution < -0.4 is 5.32 Å². The lowest BCUT2D eigenvalue weighted by molar-refractivity contribution is 0.0948. The molecule has 146 valence electrons. The van der Waals surface area contributed by atoms with Gasteiger partial charge in [0.2, 0.25) is 0 Å². The van der Waals surface area contributed by atoms with Gasteiger partial charge in [0.25, 0.3) is 5.91 Å². The highest BCUT2D eigenvalue weighted by Crippen LogP contribution is 2.21. The normalized spacial score (nSPS) is 15.9. The topological polar surface area (TPSA) is 48.7 Å². The lowest BCUT2D eigenvalue weighted by Crippen LogP contribution is -2.45. The van der Waals surface area contributed by atoms with Crippen molar-refractivity contribution >= 4 is 5.91 Å². The first kappa shape index (κ1) is 19.6. The number of piperazine rings is 1. The summed E-state index contributed by atoms with van der Waals surface area (Å²) in [5.74, 6) is 1.43. The summed E-state index contributed by atoms with van der Waals surface area (Å²) >= 11 is 0. The maximum absolute atomic E-state index is 12.7. The van der Waals surface area contributed by atoms with Gasteiger partial charge in [-0.25, -0.2) is 0 Å². The van der Waals surface area contributed by atoms with E-state index in [1.165, 1.54) is 11.1 Å². The van der Waals surface area contributed by atoms with Crippen molar-refractivity contribution in [2.24, 2.45) is 0 Å². The molecular weight excluding hydrogens is 338 g/mol. The monoisotopic (exact) mass is 369 g/mol. The first-order valence-corrected chi connectivity index (χ1v) is 9.85. The summed E-state index contributed by atoms with van der Waals surface area (Å²) in [6.45, 7) is 15.0. The molecule has 27 heavy (non-hydrogen) atoms. The van der Waals surface area contributed by atoms with Gasteiger partial charge in [-0.3, -0.25) is 9.69 Å². The van der Waals surface area contributed by atoms with E-state index in [1.54, 1.807) is 0 Å². The van der Waals surface area contributed by atoms with Crippen molar-refractivity contribution in [3.63, 3.8) is 0 Å². The molecule has 0 radical (unpaired) electrons. The van der Waals surface area contributed by atoms with E-state index in [1.807, 2.05) is 26.8 Å². The van der Waals surface area contributed by atoms with E-state index in [9.17, 15) is 4.79 Å². The number of amides is 1. The van der Waals surface area contributed by atoms with E-state index in [0.717, 1.165) is 50.6 Å². The summed E-state index contributed by atoms with van der Waals surface area (Å²) in [5.41, 5.74) is 4.06. The molecule has 5 heteroatoms. The van der Waals surface area contributed by atoms with Crippen LogP contribution in [0.4, 0.5) is 0 Å². The molecule has 0 aliphatic carbocycles. The van der Waals surface area contributed by atoms with Gasteiger partial charge in [-0.2, -0.15) is 0 Å². The molecule has 1 aromatic heterocycles. The predicted octanol–water partition coefficient (Wildman–Crippen LogP) is 3.27. The highest BCUT2D eigenvalue weighted by atomic mass is 16.3. The van der Waals surface area contributed by atoms with Crippen LogP contribution in [-0.2, 0) is 13.1 Å². The van der Waals surface area contributed by atoms with Crippen molar-refractivity contribution in [1.82, 2.24) is 15.1 Å². The lowest BCUT2D eigenvalue weighted by Gasteiger charge is -2.34. The molecule has 1 amide bonds. The zero-order chi connectivity index (χ0) is 19.4. The number of nitrogens with zero attached hydrogens (tertiary/aromatic N) is 2. The summed E-state index contributed by atoms with van der Waals surface area (Å²) in [7, 11) is 0. The van der Waals surface area contributed by atoms with E-state index < -0.39 is 0 Å². The number of hydrogen-bond acceptors (Lipinski definition) is 4. The Hall–Kier alpha value is -2.11. The van der Waals surface area contributed by atoms with Crippen molar-refractivity contribution in [3.8, 4) is 0 Å². The molecule has 1 aromatic carbocycles. The summed E-state index contributed by atoms with van der Waals surface area (Å²) in [5, 5.41) is 3.08. The van der Waals surface area contributed by atoms with Gasteiger partial charge in [0.1, 0.15) is 11.5 Å². The van der Waals surface area contributed by atoms with Gasteiger partial charge in [0.15, 0.2) is 0 Å². The zero-order valence-electron chi connectivity index (χ0n) is 17.0. The van der Waals surface area contributed by atoms with Crippen LogP contribution in [-0.4, -0.2) is 48.4 Å². The van der Waals surface area contributed by atoms with E-state index in [2.05, 4.69) is 40.2 Å². The molecule has 1 fully saturated rings. The number of aryl methyl sites for hydroxylation is 2. The number of benzene rings is 1. The van der Waals surface area contributed by atoms with Gasteiger partial charge < -0.3 is 14.6 Å². The Kier molecular flexibility index (Phi) is 6.34. The van der Waals surface area contributed by atoms with E-state index >= 15 is 0 Å². The molecule has 1 aliphatic rings. The molecule has 2 aromatic rings. The minimum atomic E-state index is -0.0618. The molecule has 0 atom stereocenters. The summed E-state index contributed by atoms with van der Waals surface area (Å²) in [4.78, 5) is 17.6. The fourth-order valence-corrected chi connectivity index (χ4v) is 3.78. The van der Waals surface area contributed by atoms with Crippen molar-refractivity contribution in [2.45, 2.75) is 40.8 Å². The minimum Gasteiger partial charge on any atom is -0.466 e.